The van der Waals surface area contributed by atoms with Crippen LogP contribution in [0.5, 0.6) is 5.75 Å². The molecule has 0 saturated carbocycles. The van der Waals surface area contributed by atoms with E-state index in [9.17, 15) is 8.42 Å². The number of sulfonamides is 1. The maximum absolute atomic E-state index is 13.0. The second-order valence-electron chi connectivity index (χ2n) is 7.82. The third kappa shape index (κ3) is 4.91. The average molecular weight is 447 g/mol. The van der Waals surface area contributed by atoms with Crippen LogP contribution in [0.3, 0.4) is 0 Å². The Morgan fingerprint density at radius 2 is 1.42 bits per heavy atom. The summed E-state index contributed by atoms with van der Waals surface area (Å²) in [5, 5.41) is 0. The second kappa shape index (κ2) is 9.37. The molecule has 0 aliphatic carbocycles. The van der Waals surface area contributed by atoms with Gasteiger partial charge in [0.1, 0.15) is 23.7 Å². The van der Waals surface area contributed by atoms with Gasteiger partial charge in [0.25, 0.3) is 0 Å². The highest BCUT2D eigenvalue weighted by Crippen LogP contribution is 2.24. The Morgan fingerprint density at radius 3 is 1.97 bits per heavy atom. The Hall–Kier alpha value is -2.43. The van der Waals surface area contributed by atoms with Crippen molar-refractivity contribution in [1.82, 2.24) is 19.2 Å². The van der Waals surface area contributed by atoms with Crippen LogP contribution in [0.25, 0.3) is 0 Å². The highest BCUT2D eigenvalue weighted by atomic mass is 32.2. The fraction of sp³-hybridized carbons (Fsp3) is 0.524. The van der Waals surface area contributed by atoms with Gasteiger partial charge in [-0.15, -0.1) is 0 Å². The molecule has 1 aromatic carbocycles. The van der Waals surface area contributed by atoms with E-state index < -0.39 is 10.0 Å². The third-order valence-corrected chi connectivity index (χ3v) is 7.71. The molecule has 10 heteroatoms. The number of hydrogen-bond donors (Lipinski definition) is 0. The number of anilines is 2. The quantitative estimate of drug-likeness (QED) is 0.653. The van der Waals surface area contributed by atoms with Crippen molar-refractivity contribution in [2.75, 3.05) is 75.8 Å². The summed E-state index contributed by atoms with van der Waals surface area (Å²) in [6, 6.07) is 8.64. The van der Waals surface area contributed by atoms with Gasteiger partial charge in [0.15, 0.2) is 0 Å². The predicted octanol–water partition coefficient (Wildman–Crippen LogP) is 1.14. The topological polar surface area (TPSA) is 82.1 Å². The summed E-state index contributed by atoms with van der Waals surface area (Å²) >= 11 is 0. The van der Waals surface area contributed by atoms with Gasteiger partial charge in [-0.2, -0.15) is 4.31 Å². The maximum Gasteiger partial charge on any atom is 0.243 e. The first kappa shape index (κ1) is 21.8. The zero-order valence-corrected chi connectivity index (χ0v) is 19.0. The third-order valence-electron chi connectivity index (χ3n) is 5.80. The Labute approximate surface area is 184 Å². The highest BCUT2D eigenvalue weighted by Gasteiger charge is 2.29. The van der Waals surface area contributed by atoms with Crippen LogP contribution in [0.15, 0.2) is 41.6 Å². The number of aromatic nitrogens is 2. The van der Waals surface area contributed by atoms with Gasteiger partial charge >= 0.3 is 0 Å². The Balaban J connectivity index is 1.40. The molecule has 1 aromatic heterocycles. The predicted molar refractivity (Wildman–Crippen MR) is 120 cm³/mol. The number of rotatable bonds is 6. The van der Waals surface area contributed by atoms with Crippen molar-refractivity contribution in [3.63, 3.8) is 0 Å². The summed E-state index contributed by atoms with van der Waals surface area (Å²) in [4.78, 5) is 15.9. The molecule has 2 fully saturated rings. The Morgan fingerprint density at radius 1 is 0.871 bits per heavy atom. The van der Waals surface area contributed by atoms with E-state index in [4.69, 9.17) is 4.74 Å². The highest BCUT2D eigenvalue weighted by molar-refractivity contribution is 7.89. The van der Waals surface area contributed by atoms with Gasteiger partial charge in [0.2, 0.25) is 10.0 Å². The van der Waals surface area contributed by atoms with E-state index >= 15 is 0 Å². The number of hydrogen-bond acceptors (Lipinski definition) is 8. The van der Waals surface area contributed by atoms with E-state index in [1.165, 1.54) is 0 Å². The minimum absolute atomic E-state index is 0.295. The lowest BCUT2D eigenvalue weighted by Crippen LogP contribution is -2.49. The fourth-order valence-corrected chi connectivity index (χ4v) is 5.32. The largest absolute Gasteiger partial charge is 0.494 e. The number of benzene rings is 1. The van der Waals surface area contributed by atoms with Gasteiger partial charge in [-0.25, -0.2) is 18.4 Å². The van der Waals surface area contributed by atoms with Crippen molar-refractivity contribution in [1.29, 1.82) is 0 Å². The van der Waals surface area contributed by atoms with Gasteiger partial charge < -0.3 is 19.4 Å². The number of likely N-dealkylation sites (N-methyl/N-ethyl adjacent to an activating group) is 1. The van der Waals surface area contributed by atoms with Crippen LogP contribution >= 0.6 is 0 Å². The number of nitrogens with zero attached hydrogens (tertiary/aromatic N) is 6. The van der Waals surface area contributed by atoms with Crippen molar-refractivity contribution in [2.45, 2.75) is 11.8 Å². The summed E-state index contributed by atoms with van der Waals surface area (Å²) in [6.45, 7) is 8.39. The smallest absolute Gasteiger partial charge is 0.243 e. The van der Waals surface area contributed by atoms with E-state index in [2.05, 4.69) is 31.7 Å². The molecule has 0 radical (unpaired) electrons. The summed E-state index contributed by atoms with van der Waals surface area (Å²) in [6.07, 6.45) is 1.60. The molecular weight excluding hydrogens is 416 g/mol. The summed E-state index contributed by atoms with van der Waals surface area (Å²) < 4.78 is 33.0. The van der Waals surface area contributed by atoms with E-state index in [1.807, 2.05) is 13.0 Å². The molecule has 4 rings (SSSR count). The molecule has 0 amide bonds. The SMILES string of the molecule is CCOc1ccc(S(=O)(=O)N2CCN(c3cc(N4CCN(C)CC4)ncn3)CC2)cc1. The standard InChI is InChI=1S/C21H30N6O3S/c1-3-30-18-4-6-19(7-5-18)31(28,29)27-14-12-26(13-15-27)21-16-20(22-17-23-21)25-10-8-24(2)9-11-25/h4-7,16-17H,3,8-15H2,1-2H3. The van der Waals surface area contributed by atoms with E-state index in [0.717, 1.165) is 37.8 Å². The van der Waals surface area contributed by atoms with E-state index in [1.54, 1.807) is 34.9 Å². The molecule has 168 valence electrons. The minimum atomic E-state index is -3.52. The molecule has 31 heavy (non-hydrogen) atoms. The van der Waals surface area contributed by atoms with Gasteiger partial charge in [-0.05, 0) is 38.2 Å². The molecule has 2 aromatic rings. The first-order valence-corrected chi connectivity index (χ1v) is 12.1. The molecule has 0 N–H and O–H groups in total. The zero-order valence-electron chi connectivity index (χ0n) is 18.1. The molecular formula is C21H30N6O3S. The molecule has 0 bridgehead atoms. The summed E-state index contributed by atoms with van der Waals surface area (Å²) in [5.41, 5.74) is 0. The molecule has 0 unspecified atom stereocenters. The van der Waals surface area contributed by atoms with Gasteiger partial charge in [0, 0.05) is 58.4 Å². The monoisotopic (exact) mass is 446 g/mol. The van der Waals surface area contributed by atoms with Crippen LogP contribution in [0.1, 0.15) is 6.92 Å². The van der Waals surface area contributed by atoms with Crippen LogP contribution in [0.4, 0.5) is 11.6 Å². The van der Waals surface area contributed by atoms with E-state index in [-0.39, 0.29) is 0 Å². The lowest BCUT2D eigenvalue weighted by atomic mass is 10.3. The van der Waals surface area contributed by atoms with Crippen LogP contribution in [-0.2, 0) is 10.0 Å². The summed E-state index contributed by atoms with van der Waals surface area (Å²) in [7, 11) is -1.40. The Kier molecular flexibility index (Phi) is 6.59. The van der Waals surface area contributed by atoms with Crippen LogP contribution in [0, 0.1) is 0 Å². The zero-order chi connectivity index (χ0) is 21.8. The van der Waals surface area contributed by atoms with Crippen molar-refractivity contribution in [3.8, 4) is 5.75 Å². The lowest BCUT2D eigenvalue weighted by molar-refractivity contribution is 0.312. The molecule has 2 aliphatic rings. The Bertz CT molecular complexity index is 969. The van der Waals surface area contributed by atoms with Crippen LogP contribution in [-0.4, -0.2) is 93.6 Å². The molecule has 0 atom stereocenters. The van der Waals surface area contributed by atoms with E-state index in [0.29, 0.717) is 43.4 Å². The molecule has 2 aliphatic heterocycles. The fourth-order valence-electron chi connectivity index (χ4n) is 3.90. The van der Waals surface area contributed by atoms with Crippen molar-refractivity contribution in [3.05, 3.63) is 36.7 Å². The first-order chi connectivity index (χ1) is 15.0. The van der Waals surface area contributed by atoms with Gasteiger partial charge in [-0.3, -0.25) is 0 Å². The second-order valence-corrected chi connectivity index (χ2v) is 9.76. The van der Waals surface area contributed by atoms with Crippen LogP contribution in [0.2, 0.25) is 0 Å². The molecule has 3 heterocycles. The minimum Gasteiger partial charge on any atom is -0.494 e. The normalized spacial score (nSPS) is 18.9. The van der Waals surface area contributed by atoms with Crippen molar-refractivity contribution in [2.24, 2.45) is 0 Å². The first-order valence-electron chi connectivity index (χ1n) is 10.7. The molecule has 0 spiro atoms. The van der Waals surface area contributed by atoms with Gasteiger partial charge in [0.05, 0.1) is 11.5 Å². The maximum atomic E-state index is 13.0. The van der Waals surface area contributed by atoms with Crippen molar-refractivity contribution >= 4 is 21.7 Å². The number of piperazine rings is 2. The molecule has 2 saturated heterocycles. The lowest BCUT2D eigenvalue weighted by Gasteiger charge is -2.36. The molecule has 9 nitrogen and oxygen atoms in total. The average Bonchev–Trinajstić information content (AvgIpc) is 2.80. The van der Waals surface area contributed by atoms with Crippen molar-refractivity contribution < 1.29 is 13.2 Å². The number of ether oxygens (including phenoxy) is 1. The summed E-state index contributed by atoms with van der Waals surface area (Å²) in [5.74, 6) is 2.45. The van der Waals surface area contributed by atoms with Crippen LogP contribution < -0.4 is 14.5 Å². The van der Waals surface area contributed by atoms with Gasteiger partial charge in [-0.1, -0.05) is 0 Å².